The monoisotopic (exact) mass is 394 g/mol. The molecule has 2 heterocycles. The summed E-state index contributed by atoms with van der Waals surface area (Å²) in [7, 11) is 1.54. The number of thiophene rings is 1. The summed E-state index contributed by atoms with van der Waals surface area (Å²) < 4.78 is 5.24. The van der Waals surface area contributed by atoms with E-state index in [1.807, 2.05) is 17.5 Å². The number of nitrogens with one attached hydrogen (secondary N) is 2. The van der Waals surface area contributed by atoms with Crippen molar-refractivity contribution in [2.45, 2.75) is 17.3 Å². The molecule has 1 aromatic carbocycles. The van der Waals surface area contributed by atoms with Gasteiger partial charge in [-0.05, 0) is 36.6 Å². The topological polar surface area (TPSA) is 79.9 Å². The number of H-pyrrole nitrogens is 1. The lowest BCUT2D eigenvalue weighted by atomic mass is 10.3. The number of aromatic amines is 1. The molecule has 0 aliphatic carbocycles. The van der Waals surface area contributed by atoms with Gasteiger partial charge in [-0.3, -0.25) is 9.89 Å². The van der Waals surface area contributed by atoms with Crippen molar-refractivity contribution in [3.05, 3.63) is 40.7 Å². The molecule has 25 heavy (non-hydrogen) atoms. The van der Waals surface area contributed by atoms with Gasteiger partial charge in [0.2, 0.25) is 11.1 Å². The van der Waals surface area contributed by atoms with Gasteiger partial charge in [-0.25, -0.2) is 4.98 Å². The lowest BCUT2D eigenvalue weighted by molar-refractivity contribution is -0.115. The molecule has 0 bridgehead atoms. The maximum Gasteiger partial charge on any atom is 0.237 e. The van der Waals surface area contributed by atoms with Crippen LogP contribution in [0, 0.1) is 0 Å². The van der Waals surface area contributed by atoms with E-state index in [0.717, 1.165) is 4.88 Å². The Kier molecular flexibility index (Phi) is 5.62. The van der Waals surface area contributed by atoms with Gasteiger partial charge in [-0.1, -0.05) is 29.4 Å². The van der Waals surface area contributed by atoms with E-state index in [-0.39, 0.29) is 5.91 Å². The van der Waals surface area contributed by atoms with Gasteiger partial charge >= 0.3 is 0 Å². The molecular formula is C16H15ClN4O2S2. The summed E-state index contributed by atoms with van der Waals surface area (Å²) in [6.07, 6.45) is 0. The van der Waals surface area contributed by atoms with Crippen LogP contribution in [0.3, 0.4) is 0 Å². The molecular weight excluding hydrogens is 380 g/mol. The van der Waals surface area contributed by atoms with Gasteiger partial charge in [0.25, 0.3) is 0 Å². The highest BCUT2D eigenvalue weighted by Crippen LogP contribution is 2.29. The van der Waals surface area contributed by atoms with Gasteiger partial charge in [0.15, 0.2) is 5.82 Å². The van der Waals surface area contributed by atoms with Crippen LogP contribution in [0.4, 0.5) is 5.69 Å². The minimum Gasteiger partial charge on any atom is -0.495 e. The quantitative estimate of drug-likeness (QED) is 0.609. The highest BCUT2D eigenvalue weighted by Gasteiger charge is 2.19. The van der Waals surface area contributed by atoms with Gasteiger partial charge in [0, 0.05) is 5.02 Å². The number of carbonyl (C=O) groups is 1. The Labute approximate surface area is 158 Å². The number of nitrogens with zero attached hydrogens (tertiary/aromatic N) is 2. The third kappa shape index (κ3) is 4.33. The predicted octanol–water partition coefficient (Wildman–Crippen LogP) is 4.31. The first-order chi connectivity index (χ1) is 12.1. The molecule has 0 saturated heterocycles. The summed E-state index contributed by atoms with van der Waals surface area (Å²) in [5, 5.41) is 12.5. The van der Waals surface area contributed by atoms with Crippen LogP contribution in [-0.2, 0) is 4.79 Å². The van der Waals surface area contributed by atoms with Crippen LogP contribution < -0.4 is 10.1 Å². The fourth-order valence-electron chi connectivity index (χ4n) is 2.05. The Morgan fingerprint density at radius 2 is 2.28 bits per heavy atom. The van der Waals surface area contributed by atoms with Crippen LogP contribution in [0.5, 0.6) is 5.75 Å². The summed E-state index contributed by atoms with van der Waals surface area (Å²) in [4.78, 5) is 17.8. The first-order valence-corrected chi connectivity index (χ1v) is 9.48. The molecule has 9 heteroatoms. The Morgan fingerprint density at radius 3 is 3.00 bits per heavy atom. The van der Waals surface area contributed by atoms with E-state index in [4.69, 9.17) is 16.3 Å². The zero-order valence-corrected chi connectivity index (χ0v) is 15.8. The lowest BCUT2D eigenvalue weighted by Gasteiger charge is -2.13. The number of hydrogen-bond donors (Lipinski definition) is 2. The molecule has 2 N–H and O–H groups in total. The second-order valence-corrected chi connectivity index (χ2v) is 7.73. The van der Waals surface area contributed by atoms with Crippen LogP contribution in [0.25, 0.3) is 10.7 Å². The summed E-state index contributed by atoms with van der Waals surface area (Å²) in [6.45, 7) is 1.79. The smallest absolute Gasteiger partial charge is 0.237 e. The molecule has 0 aliphatic rings. The predicted molar refractivity (Wildman–Crippen MR) is 102 cm³/mol. The fraction of sp³-hybridized carbons (Fsp3) is 0.188. The first kappa shape index (κ1) is 17.8. The Hall–Kier alpha value is -2.03. The van der Waals surface area contributed by atoms with Crippen LogP contribution in [-0.4, -0.2) is 33.4 Å². The second kappa shape index (κ2) is 7.90. The number of aromatic nitrogens is 3. The highest BCUT2D eigenvalue weighted by molar-refractivity contribution is 8.00. The largest absolute Gasteiger partial charge is 0.495 e. The van der Waals surface area contributed by atoms with Crippen molar-refractivity contribution < 1.29 is 9.53 Å². The highest BCUT2D eigenvalue weighted by atomic mass is 35.5. The fourth-order valence-corrected chi connectivity index (χ4v) is 3.61. The average molecular weight is 395 g/mol. The number of thioether (sulfide) groups is 1. The molecule has 0 spiro atoms. The molecule has 2 aromatic heterocycles. The van der Waals surface area contributed by atoms with Crippen LogP contribution in [0.2, 0.25) is 5.02 Å². The lowest BCUT2D eigenvalue weighted by Crippen LogP contribution is -2.22. The zero-order valence-electron chi connectivity index (χ0n) is 13.4. The number of benzene rings is 1. The van der Waals surface area contributed by atoms with Crippen molar-refractivity contribution in [1.29, 1.82) is 0 Å². The van der Waals surface area contributed by atoms with E-state index >= 15 is 0 Å². The SMILES string of the molecule is COc1ccc(Cl)cc1NC(=O)C(C)Sc1n[nH]c(-c2cccs2)n1. The minimum atomic E-state index is -0.393. The molecule has 130 valence electrons. The average Bonchev–Trinajstić information content (AvgIpc) is 3.26. The number of hydrogen-bond acceptors (Lipinski definition) is 6. The number of ether oxygens (including phenoxy) is 1. The number of anilines is 1. The Bertz CT molecular complexity index is 867. The number of amides is 1. The third-order valence-electron chi connectivity index (χ3n) is 3.29. The van der Waals surface area contributed by atoms with Crippen molar-refractivity contribution in [2.75, 3.05) is 12.4 Å². The Morgan fingerprint density at radius 1 is 1.44 bits per heavy atom. The molecule has 1 atom stereocenters. The Balaban J connectivity index is 1.66. The molecule has 0 aliphatic heterocycles. The maximum absolute atomic E-state index is 12.4. The third-order valence-corrected chi connectivity index (χ3v) is 5.36. The van der Waals surface area contributed by atoms with Gasteiger partial charge < -0.3 is 10.1 Å². The molecule has 3 rings (SSSR count). The van der Waals surface area contributed by atoms with E-state index < -0.39 is 5.25 Å². The molecule has 6 nitrogen and oxygen atoms in total. The summed E-state index contributed by atoms with van der Waals surface area (Å²) in [6, 6.07) is 8.97. The number of rotatable bonds is 6. The summed E-state index contributed by atoms with van der Waals surface area (Å²) >= 11 is 8.83. The van der Waals surface area contributed by atoms with E-state index in [1.165, 1.54) is 18.9 Å². The minimum absolute atomic E-state index is 0.187. The summed E-state index contributed by atoms with van der Waals surface area (Å²) in [5.74, 6) is 1.06. The van der Waals surface area contributed by atoms with Crippen molar-refractivity contribution in [1.82, 2.24) is 15.2 Å². The van der Waals surface area contributed by atoms with E-state index in [9.17, 15) is 4.79 Å². The van der Waals surface area contributed by atoms with Gasteiger partial charge in [-0.2, -0.15) is 0 Å². The van der Waals surface area contributed by atoms with Crippen molar-refractivity contribution in [3.63, 3.8) is 0 Å². The maximum atomic E-state index is 12.4. The normalized spacial score (nSPS) is 12.0. The molecule has 0 radical (unpaired) electrons. The molecule has 3 aromatic rings. The second-order valence-electron chi connectivity index (χ2n) is 5.04. The van der Waals surface area contributed by atoms with Crippen LogP contribution in [0.15, 0.2) is 40.9 Å². The van der Waals surface area contributed by atoms with Gasteiger partial charge in [0.05, 0.1) is 22.9 Å². The first-order valence-electron chi connectivity index (χ1n) is 7.34. The van der Waals surface area contributed by atoms with E-state index in [2.05, 4.69) is 20.5 Å². The zero-order chi connectivity index (χ0) is 17.8. The number of carbonyl (C=O) groups excluding carboxylic acids is 1. The van der Waals surface area contributed by atoms with Gasteiger partial charge in [0.1, 0.15) is 5.75 Å². The van der Waals surface area contributed by atoms with E-state index in [0.29, 0.717) is 27.4 Å². The molecule has 0 fully saturated rings. The van der Waals surface area contributed by atoms with Crippen molar-refractivity contribution in [3.8, 4) is 16.5 Å². The van der Waals surface area contributed by atoms with Crippen LogP contribution in [0.1, 0.15) is 6.92 Å². The van der Waals surface area contributed by atoms with Gasteiger partial charge in [-0.15, -0.1) is 16.4 Å². The standard InChI is InChI=1S/C16H15ClN4O2S2/c1-9(15(22)18-11-8-10(17)5-6-12(11)23-2)25-16-19-14(20-21-16)13-4-3-7-24-13/h3-9H,1-2H3,(H,18,22)(H,19,20,21). The van der Waals surface area contributed by atoms with E-state index in [1.54, 1.807) is 36.5 Å². The molecule has 1 amide bonds. The molecule has 1 unspecified atom stereocenters. The molecule has 0 saturated carbocycles. The van der Waals surface area contributed by atoms with Crippen molar-refractivity contribution >= 4 is 46.3 Å². The van der Waals surface area contributed by atoms with Crippen LogP contribution >= 0.6 is 34.7 Å². The number of methoxy groups -OCH3 is 1. The summed E-state index contributed by atoms with van der Waals surface area (Å²) in [5.41, 5.74) is 0.529. The van der Waals surface area contributed by atoms with Crippen molar-refractivity contribution in [2.24, 2.45) is 0 Å². The number of halogens is 1.